The van der Waals surface area contributed by atoms with Crippen LogP contribution in [0.4, 0.5) is 8.78 Å². The van der Waals surface area contributed by atoms with Gasteiger partial charge in [-0.2, -0.15) is 0 Å². The van der Waals surface area contributed by atoms with E-state index in [2.05, 4.69) is 31.3 Å². The lowest BCUT2D eigenvalue weighted by molar-refractivity contribution is 0.371. The van der Waals surface area contributed by atoms with Gasteiger partial charge in [-0.1, -0.05) is 50.6 Å². The fourth-order valence-electron chi connectivity index (χ4n) is 3.33. The van der Waals surface area contributed by atoms with Gasteiger partial charge in [0.25, 0.3) is 0 Å². The molecule has 2 rings (SSSR count). The second-order valence-electron chi connectivity index (χ2n) is 8.35. The molecule has 172 valence electrons. The van der Waals surface area contributed by atoms with Gasteiger partial charge >= 0.3 is 7.60 Å². The molecule has 0 saturated carbocycles. The van der Waals surface area contributed by atoms with Crippen molar-refractivity contribution in [1.29, 1.82) is 0 Å². The van der Waals surface area contributed by atoms with Gasteiger partial charge in [0.15, 0.2) is 0 Å². The van der Waals surface area contributed by atoms with Gasteiger partial charge < -0.3 is 15.1 Å². The highest BCUT2D eigenvalue weighted by Crippen LogP contribution is 2.34. The van der Waals surface area contributed by atoms with Crippen molar-refractivity contribution >= 4 is 19.4 Å². The summed E-state index contributed by atoms with van der Waals surface area (Å²) in [7, 11) is -4.02. The molecule has 2 aromatic rings. The minimum absolute atomic E-state index is 0.0865. The molecule has 2 aromatic carbocycles. The summed E-state index contributed by atoms with van der Waals surface area (Å²) >= 11 is 1.33. The quantitative estimate of drug-likeness (QED) is 0.194. The summed E-state index contributed by atoms with van der Waals surface area (Å²) in [4.78, 5) is 17.9. The average Bonchev–Trinajstić information content (AvgIpc) is 2.70. The molecule has 0 atom stereocenters. The predicted molar refractivity (Wildman–Crippen MR) is 124 cm³/mol. The highest BCUT2D eigenvalue weighted by Gasteiger charge is 2.19. The molecule has 31 heavy (non-hydrogen) atoms. The van der Waals surface area contributed by atoms with Crippen molar-refractivity contribution in [3.63, 3.8) is 0 Å². The lowest BCUT2D eigenvalue weighted by Crippen LogP contribution is -2.17. The van der Waals surface area contributed by atoms with E-state index in [0.717, 1.165) is 25.0 Å². The standard InChI is InChI=1S/C23H32F2NO3PS/c1-23(2,19-9-4-3-5-10-19)11-6-7-14-31-22-16-20(24)18(15-21(22)25)17-26-12-8-13-30(27,28)29/h3-5,9-10,15-16,26H,6-8,11-14,17H2,1-2H3,(H2,27,28,29). The van der Waals surface area contributed by atoms with Gasteiger partial charge in [-0.3, -0.25) is 4.57 Å². The van der Waals surface area contributed by atoms with Gasteiger partial charge in [0.1, 0.15) is 11.6 Å². The number of benzene rings is 2. The summed E-state index contributed by atoms with van der Waals surface area (Å²) in [5.74, 6) is -0.194. The summed E-state index contributed by atoms with van der Waals surface area (Å²) in [5, 5.41) is 2.89. The van der Waals surface area contributed by atoms with Crippen molar-refractivity contribution in [2.45, 2.75) is 56.4 Å². The van der Waals surface area contributed by atoms with E-state index in [1.807, 2.05) is 18.2 Å². The fraction of sp³-hybridized carbons (Fsp3) is 0.478. The van der Waals surface area contributed by atoms with Crippen LogP contribution in [0.5, 0.6) is 0 Å². The van der Waals surface area contributed by atoms with Crippen LogP contribution in [0.15, 0.2) is 47.4 Å². The summed E-state index contributed by atoms with van der Waals surface area (Å²) < 4.78 is 39.5. The fourth-order valence-corrected chi connectivity index (χ4v) is 4.86. The molecule has 0 saturated heterocycles. The van der Waals surface area contributed by atoms with Crippen molar-refractivity contribution in [2.75, 3.05) is 18.5 Å². The Bertz CT molecular complexity index is 875. The van der Waals surface area contributed by atoms with Crippen LogP contribution in [0.3, 0.4) is 0 Å². The Morgan fingerprint density at radius 2 is 1.74 bits per heavy atom. The summed E-state index contributed by atoms with van der Waals surface area (Å²) in [6.45, 7) is 4.89. The van der Waals surface area contributed by atoms with Gasteiger partial charge in [-0.25, -0.2) is 8.78 Å². The van der Waals surface area contributed by atoms with Crippen LogP contribution in [-0.2, 0) is 16.5 Å². The largest absolute Gasteiger partial charge is 0.325 e. The first-order valence-electron chi connectivity index (χ1n) is 10.5. The third-order valence-corrected chi connectivity index (χ3v) is 7.24. The molecule has 0 aromatic heterocycles. The van der Waals surface area contributed by atoms with E-state index in [-0.39, 0.29) is 30.1 Å². The summed E-state index contributed by atoms with van der Waals surface area (Å²) in [6.07, 6.45) is 3.00. The summed E-state index contributed by atoms with van der Waals surface area (Å²) in [5.41, 5.74) is 1.60. The molecule has 8 heteroatoms. The molecule has 0 aliphatic carbocycles. The highest BCUT2D eigenvalue weighted by atomic mass is 32.2. The average molecular weight is 472 g/mol. The van der Waals surface area contributed by atoms with Crippen molar-refractivity contribution < 1.29 is 23.1 Å². The molecular formula is C23H32F2NO3PS. The Morgan fingerprint density at radius 3 is 2.42 bits per heavy atom. The molecule has 0 fully saturated rings. The van der Waals surface area contributed by atoms with Crippen molar-refractivity contribution in [1.82, 2.24) is 5.32 Å². The number of thioether (sulfide) groups is 1. The Kier molecular flexibility index (Phi) is 10.2. The van der Waals surface area contributed by atoms with Crippen LogP contribution in [0.1, 0.15) is 50.7 Å². The normalized spacial score (nSPS) is 12.3. The molecule has 0 heterocycles. The topological polar surface area (TPSA) is 69.6 Å². The maximum Gasteiger partial charge on any atom is 0.325 e. The molecule has 0 radical (unpaired) electrons. The first-order chi connectivity index (χ1) is 14.6. The minimum atomic E-state index is -4.02. The van der Waals surface area contributed by atoms with E-state index < -0.39 is 19.2 Å². The lowest BCUT2D eigenvalue weighted by Gasteiger charge is -2.25. The monoisotopic (exact) mass is 471 g/mol. The number of unbranched alkanes of at least 4 members (excludes halogenated alkanes) is 1. The minimum Gasteiger partial charge on any atom is -0.324 e. The third-order valence-electron chi connectivity index (χ3n) is 5.23. The van der Waals surface area contributed by atoms with Crippen molar-refractivity contribution in [3.05, 3.63) is 65.2 Å². The Labute approximate surface area is 188 Å². The number of nitrogens with one attached hydrogen (secondary N) is 1. The molecule has 4 nitrogen and oxygen atoms in total. The van der Waals surface area contributed by atoms with Crippen LogP contribution in [-0.4, -0.2) is 28.2 Å². The second kappa shape index (κ2) is 12.1. The first kappa shape index (κ1) is 26.0. The smallest absolute Gasteiger partial charge is 0.324 e. The van der Waals surface area contributed by atoms with Gasteiger partial charge in [-0.05, 0) is 54.7 Å². The zero-order valence-electron chi connectivity index (χ0n) is 18.1. The van der Waals surface area contributed by atoms with E-state index in [1.54, 1.807) is 0 Å². The van der Waals surface area contributed by atoms with E-state index in [0.29, 0.717) is 11.4 Å². The maximum absolute atomic E-state index is 14.4. The van der Waals surface area contributed by atoms with Crippen molar-refractivity contribution in [2.24, 2.45) is 0 Å². The van der Waals surface area contributed by atoms with E-state index in [9.17, 15) is 13.3 Å². The number of hydrogen-bond donors (Lipinski definition) is 3. The van der Waals surface area contributed by atoms with Gasteiger partial charge in [0.05, 0.1) is 6.16 Å². The molecule has 0 aliphatic heterocycles. The zero-order chi connectivity index (χ0) is 22.9. The maximum atomic E-state index is 14.4. The number of hydrogen-bond acceptors (Lipinski definition) is 3. The predicted octanol–water partition coefficient (Wildman–Crippen LogP) is 5.86. The highest BCUT2D eigenvalue weighted by molar-refractivity contribution is 7.99. The Hall–Kier alpha value is -1.24. The molecule has 0 spiro atoms. The van der Waals surface area contributed by atoms with Gasteiger partial charge in [0.2, 0.25) is 0 Å². The molecule has 0 aliphatic rings. The Balaban J connectivity index is 1.75. The zero-order valence-corrected chi connectivity index (χ0v) is 19.8. The lowest BCUT2D eigenvalue weighted by atomic mass is 9.80. The molecule has 3 N–H and O–H groups in total. The third kappa shape index (κ3) is 9.42. The molecule has 0 bridgehead atoms. The molecule has 0 unspecified atom stereocenters. The van der Waals surface area contributed by atoms with Crippen LogP contribution >= 0.6 is 19.4 Å². The summed E-state index contributed by atoms with van der Waals surface area (Å²) in [6, 6.07) is 12.8. The van der Waals surface area contributed by atoms with E-state index in [4.69, 9.17) is 9.79 Å². The number of halogens is 2. The van der Waals surface area contributed by atoms with E-state index in [1.165, 1.54) is 29.5 Å². The van der Waals surface area contributed by atoms with Crippen LogP contribution in [0.2, 0.25) is 0 Å². The first-order valence-corrected chi connectivity index (χ1v) is 13.3. The SMILES string of the molecule is CC(C)(CCCCSc1cc(F)c(CNCCCP(=O)(O)O)cc1F)c1ccccc1. The molecule has 0 amide bonds. The van der Waals surface area contributed by atoms with E-state index >= 15 is 0 Å². The van der Waals surface area contributed by atoms with Crippen molar-refractivity contribution in [3.8, 4) is 0 Å². The van der Waals surface area contributed by atoms with Gasteiger partial charge in [-0.15, -0.1) is 11.8 Å². The van der Waals surface area contributed by atoms with Crippen LogP contribution in [0, 0.1) is 11.6 Å². The van der Waals surface area contributed by atoms with Gasteiger partial charge in [0, 0.05) is 17.0 Å². The van der Waals surface area contributed by atoms with Crippen LogP contribution in [0.25, 0.3) is 0 Å². The van der Waals surface area contributed by atoms with Crippen LogP contribution < -0.4 is 5.32 Å². The number of rotatable bonds is 13. The Morgan fingerprint density at radius 1 is 1.03 bits per heavy atom. The molecular weight excluding hydrogens is 439 g/mol. The second-order valence-corrected chi connectivity index (χ2v) is 11.3.